The first-order valence-electron chi connectivity index (χ1n) is 10.8. The van der Waals surface area contributed by atoms with Crippen LogP contribution in [-0.2, 0) is 22.7 Å². The van der Waals surface area contributed by atoms with Gasteiger partial charge >= 0.3 is 5.69 Å². The van der Waals surface area contributed by atoms with Crippen LogP contribution in [0.25, 0.3) is 10.9 Å². The molecule has 3 rings (SSSR count). The summed E-state index contributed by atoms with van der Waals surface area (Å²) < 4.78 is 16.2. The third kappa shape index (κ3) is 5.94. The number of halogens is 1. The fourth-order valence-corrected chi connectivity index (χ4v) is 3.57. The number of hydrogen-bond acceptors (Lipinski definition) is 4. The summed E-state index contributed by atoms with van der Waals surface area (Å²) in [5, 5.41) is 5.56. The minimum absolute atomic E-state index is 0.00727. The minimum Gasteiger partial charge on any atom is -0.354 e. The van der Waals surface area contributed by atoms with E-state index in [-0.39, 0.29) is 30.7 Å². The van der Waals surface area contributed by atoms with Gasteiger partial charge in [0.25, 0.3) is 5.56 Å². The van der Waals surface area contributed by atoms with Crippen molar-refractivity contribution in [3.05, 3.63) is 75.2 Å². The molecule has 0 unspecified atom stereocenters. The summed E-state index contributed by atoms with van der Waals surface area (Å²) in [5.41, 5.74) is -0.751. The maximum Gasteiger partial charge on any atom is 0.331 e. The number of anilines is 1. The fraction of sp³-hybridized carbons (Fsp3) is 0.333. The smallest absolute Gasteiger partial charge is 0.331 e. The quantitative estimate of drug-likeness (QED) is 0.485. The largest absolute Gasteiger partial charge is 0.354 e. The van der Waals surface area contributed by atoms with Crippen molar-refractivity contribution in [1.29, 1.82) is 0 Å². The zero-order valence-corrected chi connectivity index (χ0v) is 18.6. The van der Waals surface area contributed by atoms with Crippen LogP contribution >= 0.6 is 0 Å². The molecule has 0 bridgehead atoms. The Bertz CT molecular complexity index is 1280. The summed E-state index contributed by atoms with van der Waals surface area (Å²) in [4.78, 5) is 50.4. The van der Waals surface area contributed by atoms with Gasteiger partial charge in [-0.25, -0.2) is 9.18 Å². The lowest BCUT2D eigenvalue weighted by Crippen LogP contribution is -2.41. The van der Waals surface area contributed by atoms with Crippen molar-refractivity contribution in [2.24, 2.45) is 0 Å². The summed E-state index contributed by atoms with van der Waals surface area (Å²) in [6, 6.07) is 12.3. The first-order chi connectivity index (χ1) is 15.8. The summed E-state index contributed by atoms with van der Waals surface area (Å²) in [6.45, 7) is 3.48. The van der Waals surface area contributed by atoms with Gasteiger partial charge in [-0.3, -0.25) is 23.5 Å². The number of carbonyl (C=O) groups is 2. The van der Waals surface area contributed by atoms with Crippen molar-refractivity contribution in [2.75, 3.05) is 5.32 Å². The maximum atomic E-state index is 13.9. The molecular weight excluding hydrogens is 427 g/mol. The van der Waals surface area contributed by atoms with Crippen LogP contribution in [0.3, 0.4) is 0 Å². The van der Waals surface area contributed by atoms with Crippen molar-refractivity contribution in [3.63, 3.8) is 0 Å². The summed E-state index contributed by atoms with van der Waals surface area (Å²) in [6.07, 6.45) is 1.24. The third-order valence-electron chi connectivity index (χ3n) is 5.07. The Morgan fingerprint density at radius 3 is 2.36 bits per heavy atom. The van der Waals surface area contributed by atoms with Crippen molar-refractivity contribution in [1.82, 2.24) is 14.5 Å². The Labute approximate surface area is 190 Å². The van der Waals surface area contributed by atoms with E-state index < -0.39 is 23.0 Å². The highest BCUT2D eigenvalue weighted by atomic mass is 19.1. The second-order valence-corrected chi connectivity index (χ2v) is 8.05. The number of amides is 2. The Morgan fingerprint density at radius 2 is 1.64 bits per heavy atom. The van der Waals surface area contributed by atoms with E-state index in [1.807, 2.05) is 13.8 Å². The molecule has 0 saturated heterocycles. The molecule has 0 fully saturated rings. The van der Waals surface area contributed by atoms with Gasteiger partial charge in [0.1, 0.15) is 12.4 Å². The summed E-state index contributed by atoms with van der Waals surface area (Å²) in [7, 11) is 0. The molecule has 0 aliphatic heterocycles. The SMILES string of the molecule is CC(C)NC(=O)CCCCn1c(=O)c2ccccc2n(CC(=O)Nc2ccccc2F)c1=O. The Balaban J connectivity index is 1.83. The van der Waals surface area contributed by atoms with Crippen molar-refractivity contribution in [2.45, 2.75) is 52.2 Å². The molecule has 1 aromatic heterocycles. The molecule has 3 aromatic rings. The van der Waals surface area contributed by atoms with E-state index in [0.717, 1.165) is 4.57 Å². The lowest BCUT2D eigenvalue weighted by molar-refractivity contribution is -0.121. The summed E-state index contributed by atoms with van der Waals surface area (Å²) >= 11 is 0. The Hall–Kier alpha value is -3.75. The van der Waals surface area contributed by atoms with Crippen LogP contribution in [0.4, 0.5) is 10.1 Å². The average Bonchev–Trinajstić information content (AvgIpc) is 2.77. The molecule has 0 aliphatic carbocycles. The zero-order chi connectivity index (χ0) is 24.0. The molecule has 9 heteroatoms. The zero-order valence-electron chi connectivity index (χ0n) is 18.6. The highest BCUT2D eigenvalue weighted by Gasteiger charge is 2.16. The normalized spacial score (nSPS) is 11.0. The molecular formula is C24H27FN4O4. The number of carbonyl (C=O) groups excluding carboxylic acids is 2. The number of nitrogens with one attached hydrogen (secondary N) is 2. The second-order valence-electron chi connectivity index (χ2n) is 8.05. The number of rotatable bonds is 9. The highest BCUT2D eigenvalue weighted by molar-refractivity contribution is 5.91. The van der Waals surface area contributed by atoms with Crippen LogP contribution in [0, 0.1) is 5.82 Å². The van der Waals surface area contributed by atoms with Crippen molar-refractivity contribution >= 4 is 28.4 Å². The van der Waals surface area contributed by atoms with E-state index in [0.29, 0.717) is 30.2 Å². The molecule has 0 saturated carbocycles. The molecule has 0 radical (unpaired) electrons. The van der Waals surface area contributed by atoms with Gasteiger partial charge in [0.05, 0.1) is 16.6 Å². The first-order valence-corrected chi connectivity index (χ1v) is 10.8. The Morgan fingerprint density at radius 1 is 0.939 bits per heavy atom. The van der Waals surface area contributed by atoms with Gasteiger partial charge in [0.15, 0.2) is 0 Å². The van der Waals surface area contributed by atoms with Crippen molar-refractivity contribution in [3.8, 4) is 0 Å². The van der Waals surface area contributed by atoms with Crippen molar-refractivity contribution < 1.29 is 14.0 Å². The molecule has 2 aromatic carbocycles. The van der Waals surface area contributed by atoms with Gasteiger partial charge in [-0.15, -0.1) is 0 Å². The average molecular weight is 455 g/mol. The molecule has 1 heterocycles. The number of unbranched alkanes of at least 4 members (excludes halogenated alkanes) is 1. The highest BCUT2D eigenvalue weighted by Crippen LogP contribution is 2.13. The van der Waals surface area contributed by atoms with Crippen LogP contribution in [0.15, 0.2) is 58.1 Å². The number of benzene rings is 2. The van der Waals surface area contributed by atoms with Crippen LogP contribution < -0.4 is 21.9 Å². The van der Waals surface area contributed by atoms with Crippen LogP contribution in [0.2, 0.25) is 0 Å². The molecule has 0 spiro atoms. The molecule has 0 aliphatic rings. The lowest BCUT2D eigenvalue weighted by Gasteiger charge is -2.14. The lowest BCUT2D eigenvalue weighted by atomic mass is 10.2. The Kier molecular flexibility index (Phi) is 7.76. The van der Waals surface area contributed by atoms with E-state index in [1.165, 1.54) is 22.8 Å². The summed E-state index contributed by atoms with van der Waals surface area (Å²) in [5.74, 6) is -1.27. The molecule has 174 valence electrons. The third-order valence-corrected chi connectivity index (χ3v) is 5.07. The van der Waals surface area contributed by atoms with Gasteiger partial charge in [-0.05, 0) is 51.0 Å². The van der Waals surface area contributed by atoms with E-state index >= 15 is 0 Å². The van der Waals surface area contributed by atoms with Crippen LogP contribution in [0.5, 0.6) is 0 Å². The van der Waals surface area contributed by atoms with Gasteiger partial charge in [0, 0.05) is 19.0 Å². The van der Waals surface area contributed by atoms with Crippen LogP contribution in [0.1, 0.15) is 33.1 Å². The second kappa shape index (κ2) is 10.7. The molecule has 2 N–H and O–H groups in total. The first kappa shape index (κ1) is 23.9. The molecule has 2 amide bonds. The number of fused-ring (bicyclic) bond motifs is 1. The standard InChI is InChI=1S/C24H27FN4O4/c1-16(2)26-21(30)13-7-8-14-28-23(32)17-9-3-6-12-20(17)29(24(28)33)15-22(31)27-19-11-5-4-10-18(19)25/h3-6,9-12,16H,7-8,13-15H2,1-2H3,(H,26,30)(H,27,31). The van der Waals surface area contributed by atoms with E-state index in [4.69, 9.17) is 0 Å². The minimum atomic E-state index is -0.631. The van der Waals surface area contributed by atoms with E-state index in [1.54, 1.807) is 30.3 Å². The van der Waals surface area contributed by atoms with Gasteiger partial charge in [-0.2, -0.15) is 0 Å². The number of hydrogen-bond donors (Lipinski definition) is 2. The number of para-hydroxylation sites is 2. The number of aromatic nitrogens is 2. The van der Waals surface area contributed by atoms with E-state index in [2.05, 4.69) is 10.6 Å². The van der Waals surface area contributed by atoms with E-state index in [9.17, 15) is 23.6 Å². The van der Waals surface area contributed by atoms with Gasteiger partial charge in [0.2, 0.25) is 11.8 Å². The molecule has 33 heavy (non-hydrogen) atoms. The predicted octanol–water partition coefficient (Wildman–Crippen LogP) is 2.64. The van der Waals surface area contributed by atoms with Gasteiger partial charge in [-0.1, -0.05) is 24.3 Å². The molecule has 0 atom stereocenters. The number of nitrogens with zero attached hydrogens (tertiary/aromatic N) is 2. The maximum absolute atomic E-state index is 13.9. The fourth-order valence-electron chi connectivity index (χ4n) is 3.57. The predicted molar refractivity (Wildman–Crippen MR) is 125 cm³/mol. The topological polar surface area (TPSA) is 102 Å². The monoisotopic (exact) mass is 454 g/mol. The molecule has 8 nitrogen and oxygen atoms in total. The van der Waals surface area contributed by atoms with Crippen LogP contribution in [-0.4, -0.2) is 27.0 Å². The van der Waals surface area contributed by atoms with Gasteiger partial charge < -0.3 is 10.6 Å².